The lowest BCUT2D eigenvalue weighted by Crippen LogP contribution is -2.25. The smallest absolute Gasteiger partial charge is 0.337 e. The van der Waals surface area contributed by atoms with Crippen molar-refractivity contribution in [2.24, 2.45) is 0 Å². The highest BCUT2D eigenvalue weighted by molar-refractivity contribution is 7.88. The fourth-order valence-corrected chi connectivity index (χ4v) is 2.75. The van der Waals surface area contributed by atoms with E-state index in [1.807, 2.05) is 19.1 Å². The number of methoxy groups -OCH3 is 1. The summed E-state index contributed by atoms with van der Waals surface area (Å²) in [6, 6.07) is 6.32. The maximum Gasteiger partial charge on any atom is 0.337 e. The Balaban J connectivity index is 2.61. The zero-order chi connectivity index (χ0) is 15.0. The summed E-state index contributed by atoms with van der Waals surface area (Å²) in [5.74, 6) is -0.548. The fraction of sp³-hybridized carbons (Fsp3) is 0.357. The quantitative estimate of drug-likeness (QED) is 0.473. The average Bonchev–Trinajstić information content (AvgIpc) is 2.43. The van der Waals surface area contributed by atoms with Gasteiger partial charge in [0.25, 0.3) is 0 Å². The van der Waals surface area contributed by atoms with Crippen LogP contribution in [0.3, 0.4) is 0 Å². The molecule has 0 fully saturated rings. The predicted molar refractivity (Wildman–Crippen MR) is 77.8 cm³/mol. The summed E-state index contributed by atoms with van der Waals surface area (Å²) in [7, 11) is -2.05. The Labute approximate surface area is 119 Å². The van der Waals surface area contributed by atoms with Crippen LogP contribution in [0.5, 0.6) is 0 Å². The van der Waals surface area contributed by atoms with Gasteiger partial charge in [0.1, 0.15) is 0 Å². The predicted octanol–water partition coefficient (Wildman–Crippen LogP) is 1.86. The van der Waals surface area contributed by atoms with E-state index in [0.29, 0.717) is 24.1 Å². The van der Waals surface area contributed by atoms with Crippen LogP contribution < -0.4 is 4.72 Å². The molecule has 0 spiro atoms. The third-order valence-corrected chi connectivity index (χ3v) is 3.96. The van der Waals surface area contributed by atoms with Crippen molar-refractivity contribution >= 4 is 16.0 Å². The second-order valence-corrected chi connectivity index (χ2v) is 6.01. The van der Waals surface area contributed by atoms with Gasteiger partial charge in [-0.05, 0) is 31.0 Å². The molecule has 0 aliphatic heterocycles. The van der Waals surface area contributed by atoms with Gasteiger partial charge in [0, 0.05) is 6.54 Å². The molecule has 5 nitrogen and oxygen atoms in total. The maximum absolute atomic E-state index is 11.8. The molecular weight excluding hydrogens is 278 g/mol. The lowest BCUT2D eigenvalue weighted by Gasteiger charge is -2.06. The SMILES string of the molecule is C/C=C/CCNS(=O)(=O)Cc1ccc(C(=O)OC)cc1. The molecule has 1 aromatic carbocycles. The number of benzene rings is 1. The van der Waals surface area contributed by atoms with Crippen LogP contribution in [0.2, 0.25) is 0 Å². The van der Waals surface area contributed by atoms with Gasteiger partial charge in [-0.3, -0.25) is 0 Å². The first-order valence-electron chi connectivity index (χ1n) is 6.24. The summed E-state index contributed by atoms with van der Waals surface area (Å²) in [4.78, 5) is 11.3. The Kier molecular flexibility index (Phi) is 6.41. The van der Waals surface area contributed by atoms with Gasteiger partial charge < -0.3 is 4.74 Å². The molecule has 0 atom stereocenters. The van der Waals surface area contributed by atoms with Crippen molar-refractivity contribution in [1.29, 1.82) is 0 Å². The third kappa shape index (κ3) is 5.54. The molecule has 6 heteroatoms. The van der Waals surface area contributed by atoms with Crippen LogP contribution in [0, 0.1) is 0 Å². The van der Waals surface area contributed by atoms with Crippen molar-refractivity contribution < 1.29 is 17.9 Å². The molecule has 20 heavy (non-hydrogen) atoms. The molecule has 1 rings (SSSR count). The normalized spacial score (nSPS) is 11.7. The van der Waals surface area contributed by atoms with E-state index in [-0.39, 0.29) is 5.75 Å². The second kappa shape index (κ2) is 7.81. The zero-order valence-electron chi connectivity index (χ0n) is 11.6. The summed E-state index contributed by atoms with van der Waals surface area (Å²) in [5, 5.41) is 0. The van der Waals surface area contributed by atoms with E-state index in [9.17, 15) is 13.2 Å². The number of allylic oxidation sites excluding steroid dienone is 1. The summed E-state index contributed by atoms with van der Waals surface area (Å²) in [6.45, 7) is 2.27. The summed E-state index contributed by atoms with van der Waals surface area (Å²) < 4.78 is 30.7. The molecule has 0 aromatic heterocycles. The third-order valence-electron chi connectivity index (χ3n) is 2.60. The van der Waals surface area contributed by atoms with Crippen molar-refractivity contribution in [2.75, 3.05) is 13.7 Å². The number of ether oxygens (including phenoxy) is 1. The van der Waals surface area contributed by atoms with E-state index in [1.165, 1.54) is 7.11 Å². The number of carbonyl (C=O) groups is 1. The Morgan fingerprint density at radius 2 is 1.95 bits per heavy atom. The number of hydrogen-bond acceptors (Lipinski definition) is 4. The van der Waals surface area contributed by atoms with Crippen LogP contribution >= 0.6 is 0 Å². The van der Waals surface area contributed by atoms with Gasteiger partial charge in [0.15, 0.2) is 0 Å². The standard InChI is InChI=1S/C14H19NO4S/c1-3-4-5-10-15-20(17,18)11-12-6-8-13(9-7-12)14(16)19-2/h3-4,6-9,15H,5,10-11H2,1-2H3/b4-3+. The molecule has 0 aliphatic rings. The number of hydrogen-bond donors (Lipinski definition) is 1. The van der Waals surface area contributed by atoms with Crippen LogP contribution in [0.25, 0.3) is 0 Å². The topological polar surface area (TPSA) is 72.5 Å². The van der Waals surface area contributed by atoms with Gasteiger partial charge in [-0.15, -0.1) is 0 Å². The molecule has 0 amide bonds. The van der Waals surface area contributed by atoms with E-state index in [0.717, 1.165) is 0 Å². The molecule has 0 saturated carbocycles. The van der Waals surface area contributed by atoms with Gasteiger partial charge in [0.2, 0.25) is 10.0 Å². The monoisotopic (exact) mass is 297 g/mol. The van der Waals surface area contributed by atoms with Crippen LogP contribution in [-0.4, -0.2) is 28.0 Å². The number of sulfonamides is 1. The van der Waals surface area contributed by atoms with Gasteiger partial charge in [-0.2, -0.15) is 0 Å². The molecule has 1 aromatic rings. The summed E-state index contributed by atoms with van der Waals surface area (Å²) >= 11 is 0. The molecule has 0 saturated heterocycles. The Hall–Kier alpha value is -1.66. The molecule has 0 aliphatic carbocycles. The highest BCUT2D eigenvalue weighted by Gasteiger charge is 2.11. The lowest BCUT2D eigenvalue weighted by molar-refractivity contribution is 0.0600. The molecule has 0 radical (unpaired) electrons. The maximum atomic E-state index is 11.8. The van der Waals surface area contributed by atoms with E-state index >= 15 is 0 Å². The van der Waals surface area contributed by atoms with E-state index in [4.69, 9.17) is 0 Å². The van der Waals surface area contributed by atoms with Crippen molar-refractivity contribution in [1.82, 2.24) is 4.72 Å². The second-order valence-electron chi connectivity index (χ2n) is 4.20. The largest absolute Gasteiger partial charge is 0.465 e. The minimum Gasteiger partial charge on any atom is -0.465 e. The molecular formula is C14H19NO4S. The lowest BCUT2D eigenvalue weighted by atomic mass is 10.1. The van der Waals surface area contributed by atoms with Crippen molar-refractivity contribution in [2.45, 2.75) is 19.1 Å². The summed E-state index contributed by atoms with van der Waals surface area (Å²) in [6.07, 6.45) is 4.44. The van der Waals surface area contributed by atoms with Gasteiger partial charge in [-0.1, -0.05) is 24.3 Å². The van der Waals surface area contributed by atoms with Crippen molar-refractivity contribution in [3.05, 3.63) is 47.5 Å². The van der Waals surface area contributed by atoms with E-state index in [1.54, 1.807) is 24.3 Å². The molecule has 0 bridgehead atoms. The molecule has 1 N–H and O–H groups in total. The van der Waals surface area contributed by atoms with Crippen molar-refractivity contribution in [3.8, 4) is 0 Å². The summed E-state index contributed by atoms with van der Waals surface area (Å²) in [5.41, 5.74) is 1.02. The first kappa shape index (κ1) is 16.4. The molecule has 110 valence electrons. The van der Waals surface area contributed by atoms with Crippen LogP contribution in [0.15, 0.2) is 36.4 Å². The van der Waals surface area contributed by atoms with Gasteiger partial charge in [0.05, 0.1) is 18.4 Å². The molecule has 0 unspecified atom stereocenters. The minimum atomic E-state index is -3.35. The zero-order valence-corrected chi connectivity index (χ0v) is 12.4. The fourth-order valence-electron chi connectivity index (χ4n) is 1.59. The van der Waals surface area contributed by atoms with E-state index < -0.39 is 16.0 Å². The first-order valence-corrected chi connectivity index (χ1v) is 7.89. The Morgan fingerprint density at radius 3 is 2.50 bits per heavy atom. The minimum absolute atomic E-state index is 0.107. The Bertz CT molecular complexity index is 561. The van der Waals surface area contributed by atoms with Crippen molar-refractivity contribution in [3.63, 3.8) is 0 Å². The van der Waals surface area contributed by atoms with E-state index in [2.05, 4.69) is 9.46 Å². The average molecular weight is 297 g/mol. The Morgan fingerprint density at radius 1 is 1.30 bits per heavy atom. The van der Waals surface area contributed by atoms with Gasteiger partial charge >= 0.3 is 5.97 Å². The molecule has 0 heterocycles. The highest BCUT2D eigenvalue weighted by Crippen LogP contribution is 2.08. The van der Waals surface area contributed by atoms with Gasteiger partial charge in [-0.25, -0.2) is 17.9 Å². The number of nitrogens with one attached hydrogen (secondary N) is 1. The van der Waals surface area contributed by atoms with Crippen LogP contribution in [0.1, 0.15) is 29.3 Å². The van der Waals surface area contributed by atoms with Crippen LogP contribution in [-0.2, 0) is 20.5 Å². The van der Waals surface area contributed by atoms with Crippen LogP contribution in [0.4, 0.5) is 0 Å². The number of carbonyl (C=O) groups excluding carboxylic acids is 1. The first-order chi connectivity index (χ1) is 9.48. The number of esters is 1. The highest BCUT2D eigenvalue weighted by atomic mass is 32.2. The number of rotatable bonds is 7.